The highest BCUT2D eigenvalue weighted by atomic mass is 16.3. The summed E-state index contributed by atoms with van der Waals surface area (Å²) in [7, 11) is 0. The Labute approximate surface area is 145 Å². The first-order valence-electron chi connectivity index (χ1n) is 8.59. The summed E-state index contributed by atoms with van der Waals surface area (Å²) < 4.78 is 7.51. The van der Waals surface area contributed by atoms with Crippen LogP contribution in [0.3, 0.4) is 0 Å². The van der Waals surface area contributed by atoms with Crippen molar-refractivity contribution in [1.29, 1.82) is 0 Å². The Balaban J connectivity index is 1.55. The monoisotopic (exact) mass is 339 g/mol. The predicted molar refractivity (Wildman–Crippen MR) is 93.4 cm³/mol. The average Bonchev–Trinajstić information content (AvgIpc) is 3.34. The Morgan fingerprint density at radius 2 is 2.12 bits per heavy atom. The molecule has 3 aromatic heterocycles. The van der Waals surface area contributed by atoms with E-state index in [1.54, 1.807) is 12.3 Å². The lowest BCUT2D eigenvalue weighted by atomic mass is 10.2. The molecule has 1 aliphatic rings. The van der Waals surface area contributed by atoms with Crippen LogP contribution in [-0.4, -0.2) is 25.9 Å². The topological polar surface area (TPSA) is 88.7 Å². The van der Waals surface area contributed by atoms with E-state index in [9.17, 15) is 4.79 Å². The molecule has 0 bridgehead atoms. The number of hydrogen-bond donors (Lipinski definition) is 2. The number of aromatic amines is 1. The van der Waals surface area contributed by atoms with Crippen molar-refractivity contribution in [2.24, 2.45) is 0 Å². The number of H-pyrrole nitrogens is 1. The second-order valence-electron chi connectivity index (χ2n) is 6.59. The summed E-state index contributed by atoms with van der Waals surface area (Å²) in [5, 5.41) is 14.4. The van der Waals surface area contributed by atoms with Crippen LogP contribution in [0, 0.1) is 13.8 Å². The molecule has 0 atom stereocenters. The zero-order chi connectivity index (χ0) is 17.4. The average molecular weight is 339 g/mol. The standard InChI is InChI=1S/C18H21N5O2/c1-11-10-19-23(13-5-3-4-6-13)17(11)20-18(24)15-9-14(21-22-15)16-8-7-12(2)25-16/h7-10,13H,3-6H2,1-2H3,(H,20,24)(H,21,22). The molecule has 0 aliphatic heterocycles. The lowest BCUT2D eigenvalue weighted by Gasteiger charge is -2.15. The van der Waals surface area contributed by atoms with Gasteiger partial charge in [0.2, 0.25) is 0 Å². The predicted octanol–water partition coefficient (Wildman–Crippen LogP) is 3.85. The quantitative estimate of drug-likeness (QED) is 0.755. The van der Waals surface area contributed by atoms with E-state index in [0.717, 1.165) is 30.0 Å². The first kappa shape index (κ1) is 15.7. The smallest absolute Gasteiger partial charge is 0.277 e. The van der Waals surface area contributed by atoms with Gasteiger partial charge in [0.1, 0.15) is 17.3 Å². The highest BCUT2D eigenvalue weighted by Gasteiger charge is 2.23. The second kappa shape index (κ2) is 6.23. The van der Waals surface area contributed by atoms with Crippen molar-refractivity contribution in [1.82, 2.24) is 20.0 Å². The Kier molecular flexibility index (Phi) is 3.91. The summed E-state index contributed by atoms with van der Waals surface area (Å²) in [4.78, 5) is 12.6. The molecule has 1 fully saturated rings. The molecule has 0 aromatic carbocycles. The molecule has 4 rings (SSSR count). The molecule has 7 heteroatoms. The minimum Gasteiger partial charge on any atom is -0.460 e. The lowest BCUT2D eigenvalue weighted by Crippen LogP contribution is -2.18. The number of amides is 1. The Morgan fingerprint density at radius 3 is 2.84 bits per heavy atom. The number of furan rings is 1. The normalized spacial score (nSPS) is 15.0. The molecule has 0 spiro atoms. The fourth-order valence-electron chi connectivity index (χ4n) is 3.35. The number of anilines is 1. The van der Waals surface area contributed by atoms with E-state index in [1.165, 1.54) is 12.8 Å². The van der Waals surface area contributed by atoms with Gasteiger partial charge in [-0.25, -0.2) is 4.68 Å². The number of hydrogen-bond acceptors (Lipinski definition) is 4. The molecule has 0 saturated heterocycles. The Hall–Kier alpha value is -2.83. The third-order valence-corrected chi connectivity index (χ3v) is 4.70. The van der Waals surface area contributed by atoms with Crippen LogP contribution in [0.4, 0.5) is 5.82 Å². The van der Waals surface area contributed by atoms with E-state index in [4.69, 9.17) is 4.42 Å². The van der Waals surface area contributed by atoms with E-state index in [2.05, 4.69) is 20.6 Å². The maximum absolute atomic E-state index is 12.6. The van der Waals surface area contributed by atoms with Crippen molar-refractivity contribution < 1.29 is 9.21 Å². The summed E-state index contributed by atoms with van der Waals surface area (Å²) in [5.74, 6) is 1.98. The number of aryl methyl sites for hydroxylation is 2. The van der Waals surface area contributed by atoms with Gasteiger partial charge < -0.3 is 9.73 Å². The summed E-state index contributed by atoms with van der Waals surface area (Å²) in [5.41, 5.74) is 1.96. The summed E-state index contributed by atoms with van der Waals surface area (Å²) >= 11 is 0. The molecular weight excluding hydrogens is 318 g/mol. The maximum Gasteiger partial charge on any atom is 0.277 e. The molecule has 0 radical (unpaired) electrons. The van der Waals surface area contributed by atoms with Crippen molar-refractivity contribution >= 4 is 11.7 Å². The Bertz CT molecular complexity index is 898. The van der Waals surface area contributed by atoms with E-state index in [1.807, 2.05) is 30.7 Å². The maximum atomic E-state index is 12.6. The molecule has 130 valence electrons. The van der Waals surface area contributed by atoms with Crippen molar-refractivity contribution in [2.45, 2.75) is 45.6 Å². The van der Waals surface area contributed by atoms with Crippen LogP contribution >= 0.6 is 0 Å². The van der Waals surface area contributed by atoms with Gasteiger partial charge in [0.15, 0.2) is 11.5 Å². The number of carbonyl (C=O) groups excluding carboxylic acids is 1. The zero-order valence-electron chi connectivity index (χ0n) is 14.4. The van der Waals surface area contributed by atoms with E-state index in [0.29, 0.717) is 23.2 Å². The van der Waals surface area contributed by atoms with E-state index >= 15 is 0 Å². The fraction of sp³-hybridized carbons (Fsp3) is 0.389. The highest BCUT2D eigenvalue weighted by molar-refractivity contribution is 6.03. The van der Waals surface area contributed by atoms with Crippen LogP contribution < -0.4 is 5.32 Å². The highest BCUT2D eigenvalue weighted by Crippen LogP contribution is 2.32. The van der Waals surface area contributed by atoms with Gasteiger partial charge in [-0.2, -0.15) is 10.2 Å². The molecular formula is C18H21N5O2. The van der Waals surface area contributed by atoms with E-state index in [-0.39, 0.29) is 5.91 Å². The van der Waals surface area contributed by atoms with Crippen LogP contribution in [0.1, 0.15) is 53.5 Å². The minimum absolute atomic E-state index is 0.256. The van der Waals surface area contributed by atoms with Crippen LogP contribution in [0.25, 0.3) is 11.5 Å². The number of carbonyl (C=O) groups is 1. The van der Waals surface area contributed by atoms with Crippen LogP contribution in [-0.2, 0) is 0 Å². The van der Waals surface area contributed by atoms with Crippen molar-refractivity contribution in [3.63, 3.8) is 0 Å². The van der Waals surface area contributed by atoms with Crippen molar-refractivity contribution in [3.8, 4) is 11.5 Å². The largest absolute Gasteiger partial charge is 0.460 e. The fourth-order valence-corrected chi connectivity index (χ4v) is 3.35. The van der Waals surface area contributed by atoms with Gasteiger partial charge in [-0.15, -0.1) is 0 Å². The molecule has 2 N–H and O–H groups in total. The number of nitrogens with one attached hydrogen (secondary N) is 2. The molecule has 1 amide bonds. The second-order valence-corrected chi connectivity index (χ2v) is 6.59. The number of nitrogens with zero attached hydrogens (tertiary/aromatic N) is 3. The SMILES string of the molecule is Cc1ccc(-c2cc(C(=O)Nc3c(C)cnn3C3CCCC3)n[nH]2)o1. The molecule has 0 unspecified atom stereocenters. The van der Waals surface area contributed by atoms with Gasteiger partial charge in [0, 0.05) is 11.6 Å². The molecule has 1 saturated carbocycles. The van der Waals surface area contributed by atoms with Gasteiger partial charge >= 0.3 is 0 Å². The summed E-state index contributed by atoms with van der Waals surface area (Å²) in [6.07, 6.45) is 6.43. The van der Waals surface area contributed by atoms with Crippen LogP contribution in [0.5, 0.6) is 0 Å². The number of rotatable bonds is 4. The van der Waals surface area contributed by atoms with E-state index < -0.39 is 0 Å². The molecule has 25 heavy (non-hydrogen) atoms. The van der Waals surface area contributed by atoms with Gasteiger partial charge in [0.25, 0.3) is 5.91 Å². The first-order chi connectivity index (χ1) is 12.1. The lowest BCUT2D eigenvalue weighted by molar-refractivity contribution is 0.102. The van der Waals surface area contributed by atoms with Crippen molar-refractivity contribution in [2.75, 3.05) is 5.32 Å². The summed E-state index contributed by atoms with van der Waals surface area (Å²) in [6.45, 7) is 3.83. The van der Waals surface area contributed by atoms with Gasteiger partial charge in [-0.1, -0.05) is 12.8 Å². The molecule has 7 nitrogen and oxygen atoms in total. The third-order valence-electron chi connectivity index (χ3n) is 4.70. The van der Waals surface area contributed by atoms with Gasteiger partial charge in [-0.3, -0.25) is 9.89 Å². The third kappa shape index (κ3) is 2.97. The zero-order valence-corrected chi connectivity index (χ0v) is 14.4. The van der Waals surface area contributed by atoms with Crippen LogP contribution in [0.15, 0.2) is 28.8 Å². The van der Waals surface area contributed by atoms with Crippen LogP contribution in [0.2, 0.25) is 0 Å². The van der Waals surface area contributed by atoms with Gasteiger partial charge in [-0.05, 0) is 38.8 Å². The molecule has 3 heterocycles. The molecule has 3 aromatic rings. The first-order valence-corrected chi connectivity index (χ1v) is 8.59. The molecule has 1 aliphatic carbocycles. The summed E-state index contributed by atoms with van der Waals surface area (Å²) in [6, 6.07) is 5.78. The number of aromatic nitrogens is 4. The Morgan fingerprint density at radius 1 is 1.32 bits per heavy atom. The minimum atomic E-state index is -0.256. The van der Waals surface area contributed by atoms with Crippen molar-refractivity contribution in [3.05, 3.63) is 41.4 Å². The van der Waals surface area contributed by atoms with Gasteiger partial charge in [0.05, 0.1) is 12.2 Å².